The third-order valence-corrected chi connectivity index (χ3v) is 1.77. The molecule has 0 spiro atoms. The zero-order chi connectivity index (χ0) is 9.19. The molecule has 0 aromatic heterocycles. The fraction of sp³-hybridized carbons (Fsp3) is 0.333. The first-order valence-corrected chi connectivity index (χ1v) is 3.56. The van der Waals surface area contributed by atoms with Gasteiger partial charge in [0, 0.05) is 6.08 Å². The molecule has 5 nitrogen and oxygen atoms in total. The Labute approximate surface area is 73.5 Å². The minimum atomic E-state index is -1.10. The summed E-state index contributed by atoms with van der Waals surface area (Å²) in [5.74, 6) is 0. The number of hydrogen-bond acceptors (Lipinski definition) is 4. The molecule has 0 amide bonds. The Morgan fingerprint density at radius 2 is 2.50 bits per heavy atom. The van der Waals surface area contributed by atoms with E-state index in [9.17, 15) is 10.1 Å². The molecule has 6 heteroatoms. The van der Waals surface area contributed by atoms with Crippen LogP contribution in [0.4, 0.5) is 0 Å². The molecule has 1 aliphatic heterocycles. The molecule has 2 N–H and O–H groups in total. The predicted octanol–water partition coefficient (Wildman–Crippen LogP) is 0.191. The summed E-state index contributed by atoms with van der Waals surface area (Å²) in [4.78, 5) is 8.55. The summed E-state index contributed by atoms with van der Waals surface area (Å²) in [6.07, 6.45) is 3.75. The number of dihydropyridines is 1. The summed E-state index contributed by atoms with van der Waals surface area (Å²) in [6, 6.07) is 0. The van der Waals surface area contributed by atoms with E-state index in [1.54, 1.807) is 0 Å². The van der Waals surface area contributed by atoms with Gasteiger partial charge < -0.3 is 10.4 Å². The molecule has 1 unspecified atom stereocenters. The first kappa shape index (κ1) is 9.02. The van der Waals surface area contributed by atoms with Crippen LogP contribution in [0.1, 0.15) is 0 Å². The molecule has 0 saturated carbocycles. The van der Waals surface area contributed by atoms with Gasteiger partial charge in [-0.2, -0.15) is 0 Å². The largest absolute Gasteiger partial charge is 0.392 e. The van der Waals surface area contributed by atoms with Crippen LogP contribution < -0.4 is 5.32 Å². The van der Waals surface area contributed by atoms with Gasteiger partial charge in [0.25, 0.3) is 5.70 Å². The number of nitrogens with zero attached hydrogens (tertiary/aromatic N) is 1. The number of halogens is 1. The summed E-state index contributed by atoms with van der Waals surface area (Å²) < 4.78 is 0. The summed E-state index contributed by atoms with van der Waals surface area (Å²) in [7, 11) is 0. The lowest BCUT2D eigenvalue weighted by Crippen LogP contribution is -2.40. The third-order valence-electron chi connectivity index (χ3n) is 1.42. The van der Waals surface area contributed by atoms with Crippen molar-refractivity contribution in [1.82, 2.24) is 5.32 Å². The molecular formula is C6H7ClN2O3. The Kier molecular flexibility index (Phi) is 2.35. The van der Waals surface area contributed by atoms with E-state index < -0.39 is 9.92 Å². The lowest BCUT2D eigenvalue weighted by molar-refractivity contribution is -0.419. The molecule has 1 rings (SSSR count). The molecular weight excluding hydrogens is 184 g/mol. The average Bonchev–Trinajstić information content (AvgIpc) is 2.05. The van der Waals surface area contributed by atoms with Gasteiger partial charge in [-0.3, -0.25) is 10.1 Å². The van der Waals surface area contributed by atoms with Gasteiger partial charge in [-0.05, 0) is 6.08 Å². The van der Waals surface area contributed by atoms with E-state index in [0.717, 1.165) is 6.20 Å². The summed E-state index contributed by atoms with van der Waals surface area (Å²) in [5.41, 5.74) is -0.0836. The van der Waals surface area contributed by atoms with Crippen LogP contribution >= 0.6 is 11.6 Å². The van der Waals surface area contributed by atoms with Crippen molar-refractivity contribution in [2.45, 2.75) is 5.00 Å². The van der Waals surface area contributed by atoms with E-state index in [1.807, 2.05) is 0 Å². The smallest absolute Gasteiger partial charge is 0.284 e. The lowest BCUT2D eigenvalue weighted by Gasteiger charge is -2.22. The zero-order valence-electron chi connectivity index (χ0n) is 6.03. The third kappa shape index (κ3) is 1.75. The highest BCUT2D eigenvalue weighted by molar-refractivity contribution is 6.25. The maximum Gasteiger partial charge on any atom is 0.284 e. The monoisotopic (exact) mass is 190 g/mol. The molecule has 0 aromatic carbocycles. The average molecular weight is 191 g/mol. The molecule has 0 fully saturated rings. The van der Waals surface area contributed by atoms with Crippen LogP contribution in [0.5, 0.6) is 0 Å². The quantitative estimate of drug-likeness (QED) is 0.282. The highest BCUT2D eigenvalue weighted by atomic mass is 35.5. The van der Waals surface area contributed by atoms with Crippen molar-refractivity contribution in [2.24, 2.45) is 0 Å². The van der Waals surface area contributed by atoms with Crippen LogP contribution in [0.25, 0.3) is 0 Å². The normalized spacial score (nSPS) is 27.7. The summed E-state index contributed by atoms with van der Waals surface area (Å²) >= 11 is 5.71. The van der Waals surface area contributed by atoms with Gasteiger partial charge in [-0.15, -0.1) is 0 Å². The first-order valence-electron chi connectivity index (χ1n) is 3.19. The number of aliphatic hydroxyl groups is 1. The van der Waals surface area contributed by atoms with Crippen LogP contribution in [0, 0.1) is 10.1 Å². The topological polar surface area (TPSA) is 75.4 Å². The van der Waals surface area contributed by atoms with Gasteiger partial charge in [0.05, 0.1) is 17.7 Å². The number of rotatable bonds is 2. The molecule has 0 bridgehead atoms. The second-order valence-corrected chi connectivity index (χ2v) is 3.00. The van der Waals surface area contributed by atoms with E-state index in [-0.39, 0.29) is 12.3 Å². The van der Waals surface area contributed by atoms with Gasteiger partial charge >= 0.3 is 0 Å². The van der Waals surface area contributed by atoms with Crippen LogP contribution in [-0.4, -0.2) is 21.6 Å². The standard InChI is InChI=1S/C6H7ClN2O3/c7-6(4-10)2-1-5(3-8-6)9(11)12/h1-3,8,10H,4H2. The van der Waals surface area contributed by atoms with Crippen molar-refractivity contribution < 1.29 is 10.0 Å². The Morgan fingerprint density at radius 1 is 1.83 bits per heavy atom. The van der Waals surface area contributed by atoms with E-state index in [1.165, 1.54) is 12.2 Å². The summed E-state index contributed by atoms with van der Waals surface area (Å²) in [5, 5.41) is 21.4. The van der Waals surface area contributed by atoms with Gasteiger partial charge in [0.1, 0.15) is 0 Å². The Bertz CT molecular complexity index is 264. The number of allylic oxidation sites excluding steroid dienone is 1. The van der Waals surface area contributed by atoms with Gasteiger partial charge in [0.15, 0.2) is 5.00 Å². The molecule has 1 heterocycles. The molecule has 66 valence electrons. The van der Waals surface area contributed by atoms with Crippen molar-refractivity contribution in [1.29, 1.82) is 0 Å². The van der Waals surface area contributed by atoms with E-state index >= 15 is 0 Å². The lowest BCUT2D eigenvalue weighted by atomic mass is 10.2. The predicted molar refractivity (Wildman–Crippen MR) is 43.0 cm³/mol. The number of nitro groups is 1. The van der Waals surface area contributed by atoms with Crippen molar-refractivity contribution in [3.8, 4) is 0 Å². The Morgan fingerprint density at radius 3 is 2.83 bits per heavy atom. The maximum atomic E-state index is 10.2. The van der Waals surface area contributed by atoms with Gasteiger partial charge in [-0.25, -0.2) is 0 Å². The molecule has 0 aliphatic carbocycles. The fourth-order valence-corrected chi connectivity index (χ4v) is 0.837. The van der Waals surface area contributed by atoms with Crippen molar-refractivity contribution >= 4 is 11.6 Å². The molecule has 1 atom stereocenters. The van der Waals surface area contributed by atoms with E-state index in [4.69, 9.17) is 16.7 Å². The second-order valence-electron chi connectivity index (χ2n) is 2.32. The molecule has 0 radical (unpaired) electrons. The number of nitrogens with one attached hydrogen (secondary N) is 1. The van der Waals surface area contributed by atoms with Gasteiger partial charge in [0.2, 0.25) is 0 Å². The fourth-order valence-electron chi connectivity index (χ4n) is 0.720. The Balaban J connectivity index is 2.74. The van der Waals surface area contributed by atoms with Gasteiger partial charge in [-0.1, -0.05) is 11.6 Å². The molecule has 0 aromatic rings. The molecule has 1 aliphatic rings. The van der Waals surface area contributed by atoms with E-state index in [0.29, 0.717) is 0 Å². The molecule has 12 heavy (non-hydrogen) atoms. The minimum Gasteiger partial charge on any atom is -0.392 e. The van der Waals surface area contributed by atoms with Crippen LogP contribution in [0.15, 0.2) is 24.0 Å². The minimum absolute atomic E-state index is 0.0836. The highest BCUT2D eigenvalue weighted by Crippen LogP contribution is 2.17. The number of aliphatic hydroxyl groups excluding tert-OH is 1. The Hall–Kier alpha value is -1.07. The van der Waals surface area contributed by atoms with Crippen LogP contribution in [0.3, 0.4) is 0 Å². The van der Waals surface area contributed by atoms with Crippen molar-refractivity contribution in [2.75, 3.05) is 6.61 Å². The molecule has 0 saturated heterocycles. The van der Waals surface area contributed by atoms with Crippen molar-refractivity contribution in [3.05, 3.63) is 34.2 Å². The number of alkyl halides is 1. The maximum absolute atomic E-state index is 10.2. The zero-order valence-corrected chi connectivity index (χ0v) is 6.78. The highest BCUT2D eigenvalue weighted by Gasteiger charge is 2.26. The number of hydrogen-bond donors (Lipinski definition) is 2. The first-order chi connectivity index (χ1) is 5.57. The second kappa shape index (κ2) is 3.12. The summed E-state index contributed by atoms with van der Waals surface area (Å²) in [6.45, 7) is -0.327. The van der Waals surface area contributed by atoms with E-state index in [2.05, 4.69) is 5.32 Å². The van der Waals surface area contributed by atoms with Crippen LogP contribution in [0.2, 0.25) is 0 Å². The van der Waals surface area contributed by atoms with Crippen molar-refractivity contribution in [3.63, 3.8) is 0 Å². The SMILES string of the molecule is O=[N+]([O-])C1=CNC(Cl)(CO)C=C1. The van der Waals surface area contributed by atoms with Crippen LogP contribution in [-0.2, 0) is 0 Å².